The van der Waals surface area contributed by atoms with Gasteiger partial charge >= 0.3 is 12.4 Å². The van der Waals surface area contributed by atoms with Crippen molar-refractivity contribution in [1.29, 1.82) is 10.5 Å². The summed E-state index contributed by atoms with van der Waals surface area (Å²) in [6.07, 6.45) is -10.7. The maximum atomic E-state index is 14.4. The molecule has 394 valence electrons. The van der Waals surface area contributed by atoms with Crippen LogP contribution < -0.4 is 9.47 Å². The lowest BCUT2D eigenvalue weighted by molar-refractivity contribution is -0.385. The van der Waals surface area contributed by atoms with Gasteiger partial charge in [-0.25, -0.2) is 16.8 Å². The second-order valence-corrected chi connectivity index (χ2v) is 24.2. The van der Waals surface area contributed by atoms with Gasteiger partial charge in [-0.05, 0) is 108 Å². The van der Waals surface area contributed by atoms with Gasteiger partial charge in [-0.1, -0.05) is 39.5 Å². The number of benzene rings is 4. The molecule has 1 aromatic heterocycles. The molecule has 0 amide bonds. The number of alkyl halides is 6. The number of nitriles is 2. The standard InChI is InChI=1S/C26H25F3N2O6S.C26H27F3N2O4S/c1-16-10-17(14-30)11-22(31(33)34)20(16)6-5-8-25(32,26(27,28)29)15-24(2,3)21-13-19(38(4,35)36)12-18-7-9-37-23(18)21;1-15-7-16(13-30)8-22-20(15)10-18(31-22)12-25(32,26(27,28)29)14-24(2,3)21-11-19(36(4,33)34)9-17-5-6-35-23(17)21/h10-13,32H,7-9,15H2,1-4H3;7-11,31-32H,5-6,12,14H2,1-4H3. The fraction of sp³-hybridized carbons (Fsp3) is 0.423. The molecule has 0 saturated heterocycles. The van der Waals surface area contributed by atoms with Crippen LogP contribution in [-0.2, 0) is 49.8 Å². The first-order valence-electron chi connectivity index (χ1n) is 22.7. The Labute approximate surface area is 423 Å². The molecule has 0 saturated carbocycles. The summed E-state index contributed by atoms with van der Waals surface area (Å²) in [5, 5.41) is 52.3. The van der Waals surface area contributed by atoms with Crippen LogP contribution >= 0.6 is 0 Å². The number of aromatic amines is 1. The van der Waals surface area contributed by atoms with Crippen LogP contribution in [0.1, 0.15) is 103 Å². The summed E-state index contributed by atoms with van der Waals surface area (Å²) in [7, 11) is -7.30. The Kier molecular flexibility index (Phi) is 15.2. The van der Waals surface area contributed by atoms with E-state index in [1.54, 1.807) is 45.0 Å². The number of ether oxygens (including phenoxy) is 2. The molecule has 5 aromatic rings. The molecule has 14 nitrogen and oxygen atoms in total. The van der Waals surface area contributed by atoms with Crippen LogP contribution in [0, 0.1) is 58.5 Å². The van der Waals surface area contributed by atoms with Crippen LogP contribution in [0.5, 0.6) is 11.5 Å². The fourth-order valence-corrected chi connectivity index (χ4v) is 10.9. The SMILES string of the molecule is Cc1cc(C#N)cc([N+](=O)[O-])c1C#CCC(O)(CC(C)(C)c1cc(S(C)(=O)=O)cc2c1OCC2)C(F)(F)F.Cc1cc(C#N)cc2[nH]c(CC(O)(CC(C)(C)c3cc(S(C)(=O)=O)cc4c3OCC4)C(F)(F)F)cc12. The van der Waals surface area contributed by atoms with Gasteiger partial charge in [0, 0.05) is 72.0 Å². The highest BCUT2D eigenvalue weighted by atomic mass is 32.2. The van der Waals surface area contributed by atoms with Crippen molar-refractivity contribution < 1.29 is 67.8 Å². The molecular weight excluding hydrogens is 1020 g/mol. The van der Waals surface area contributed by atoms with Crippen LogP contribution in [0.2, 0.25) is 0 Å². The van der Waals surface area contributed by atoms with Crippen molar-refractivity contribution in [3.63, 3.8) is 0 Å². The van der Waals surface area contributed by atoms with Gasteiger partial charge in [-0.15, -0.1) is 0 Å². The van der Waals surface area contributed by atoms with Crippen molar-refractivity contribution in [1.82, 2.24) is 4.98 Å². The lowest BCUT2D eigenvalue weighted by Crippen LogP contribution is -2.51. The molecule has 7 rings (SSSR count). The molecule has 2 aliphatic rings. The summed E-state index contributed by atoms with van der Waals surface area (Å²) in [5.41, 5.74) is -6.17. The summed E-state index contributed by atoms with van der Waals surface area (Å²) in [4.78, 5) is 13.5. The Morgan fingerprint density at radius 2 is 1.16 bits per heavy atom. The number of halogens is 6. The van der Waals surface area contributed by atoms with Crippen LogP contribution in [0.3, 0.4) is 0 Å². The van der Waals surface area contributed by atoms with E-state index in [4.69, 9.17) is 14.7 Å². The van der Waals surface area contributed by atoms with E-state index in [-0.39, 0.29) is 44.3 Å². The summed E-state index contributed by atoms with van der Waals surface area (Å²) in [6.45, 7) is 9.70. The first kappa shape index (κ1) is 56.7. The number of nitro groups is 1. The molecule has 0 aliphatic carbocycles. The number of aromatic nitrogens is 1. The van der Waals surface area contributed by atoms with E-state index >= 15 is 0 Å². The molecule has 0 fully saturated rings. The minimum Gasteiger partial charge on any atom is -0.493 e. The van der Waals surface area contributed by atoms with Gasteiger partial charge in [0.25, 0.3) is 5.69 Å². The molecule has 74 heavy (non-hydrogen) atoms. The Bertz CT molecular complexity index is 3470. The number of nitrogens with zero attached hydrogens (tertiary/aromatic N) is 3. The average molecular weight is 1070 g/mol. The number of hydrogen-bond donors (Lipinski definition) is 3. The molecule has 2 unspecified atom stereocenters. The molecular formula is C52H52F6N4O10S2. The maximum Gasteiger partial charge on any atom is 0.418 e. The van der Waals surface area contributed by atoms with Gasteiger partial charge in [0.05, 0.1) is 51.2 Å². The lowest BCUT2D eigenvalue weighted by Gasteiger charge is -2.38. The molecule has 0 bridgehead atoms. The monoisotopic (exact) mass is 1070 g/mol. The smallest absolute Gasteiger partial charge is 0.418 e. The zero-order chi connectivity index (χ0) is 55.4. The number of aryl methyl sites for hydroxylation is 2. The summed E-state index contributed by atoms with van der Waals surface area (Å²) in [5.74, 6) is 5.29. The number of H-pyrrole nitrogens is 1. The Morgan fingerprint density at radius 3 is 1.61 bits per heavy atom. The molecule has 3 N–H and O–H groups in total. The third-order valence-corrected chi connectivity index (χ3v) is 15.4. The van der Waals surface area contributed by atoms with Gasteiger partial charge < -0.3 is 24.7 Å². The Balaban J connectivity index is 0.000000241. The predicted molar refractivity (Wildman–Crippen MR) is 260 cm³/mol. The number of fused-ring (bicyclic) bond motifs is 3. The van der Waals surface area contributed by atoms with Crippen molar-refractivity contribution in [3.05, 3.63) is 120 Å². The van der Waals surface area contributed by atoms with Crippen molar-refractivity contribution in [2.45, 2.75) is 124 Å². The van der Waals surface area contributed by atoms with Crippen LogP contribution in [0.25, 0.3) is 10.9 Å². The third kappa shape index (κ3) is 11.8. The van der Waals surface area contributed by atoms with Gasteiger partial charge in [-0.3, -0.25) is 10.1 Å². The maximum absolute atomic E-state index is 14.4. The highest BCUT2D eigenvalue weighted by Gasteiger charge is 2.57. The Morgan fingerprint density at radius 1 is 0.703 bits per heavy atom. The molecule has 2 aliphatic heterocycles. The molecule has 0 radical (unpaired) electrons. The third-order valence-electron chi connectivity index (χ3n) is 13.2. The predicted octanol–water partition coefficient (Wildman–Crippen LogP) is 9.41. The summed E-state index contributed by atoms with van der Waals surface area (Å²) < 4.78 is 146. The van der Waals surface area contributed by atoms with E-state index in [1.165, 1.54) is 51.1 Å². The zero-order valence-corrected chi connectivity index (χ0v) is 43.1. The molecule has 22 heteroatoms. The molecule has 0 spiro atoms. The number of nitro benzene ring substituents is 1. The highest BCUT2D eigenvalue weighted by Crippen LogP contribution is 2.49. The van der Waals surface area contributed by atoms with Gasteiger partial charge in [0.1, 0.15) is 17.1 Å². The minimum atomic E-state index is -5.14. The van der Waals surface area contributed by atoms with Gasteiger partial charge in [0.2, 0.25) is 0 Å². The van der Waals surface area contributed by atoms with Crippen LogP contribution in [0.15, 0.2) is 64.4 Å². The second-order valence-electron chi connectivity index (χ2n) is 20.2. The number of nitrogens with one attached hydrogen (secondary N) is 1. The molecule has 4 aromatic carbocycles. The number of sulfone groups is 2. The van der Waals surface area contributed by atoms with Crippen molar-refractivity contribution >= 4 is 36.3 Å². The first-order chi connectivity index (χ1) is 33.9. The van der Waals surface area contributed by atoms with Crippen LogP contribution in [-0.4, -0.2) is 86.2 Å². The second kappa shape index (κ2) is 19.9. The van der Waals surface area contributed by atoms with Gasteiger partial charge in [0.15, 0.2) is 30.9 Å². The van der Waals surface area contributed by atoms with E-state index in [2.05, 4.69) is 16.8 Å². The minimum absolute atomic E-state index is 0.000582. The quantitative estimate of drug-likeness (QED) is 0.0459. The fourth-order valence-electron chi connectivity index (χ4n) is 9.54. The first-order valence-corrected chi connectivity index (χ1v) is 26.5. The largest absolute Gasteiger partial charge is 0.493 e. The highest BCUT2D eigenvalue weighted by molar-refractivity contribution is 7.91. The summed E-state index contributed by atoms with van der Waals surface area (Å²) >= 11 is 0. The van der Waals surface area contributed by atoms with E-state index in [0.717, 1.165) is 24.1 Å². The number of rotatable bonds is 12. The van der Waals surface area contributed by atoms with E-state index < -0.39 is 90.4 Å². The Hall–Kier alpha value is -6.64. The molecule has 2 atom stereocenters. The zero-order valence-electron chi connectivity index (χ0n) is 41.4. The van der Waals surface area contributed by atoms with E-state index in [1.807, 2.05) is 6.07 Å². The van der Waals surface area contributed by atoms with Crippen LogP contribution in [0.4, 0.5) is 32.0 Å². The number of hydrogen-bond acceptors (Lipinski definition) is 12. The number of aliphatic hydroxyl groups is 2. The van der Waals surface area contributed by atoms with E-state index in [9.17, 15) is 68.8 Å². The van der Waals surface area contributed by atoms with Crippen molar-refractivity contribution in [3.8, 4) is 35.5 Å². The molecule has 3 heterocycles. The summed E-state index contributed by atoms with van der Waals surface area (Å²) in [6, 6.07) is 16.4. The van der Waals surface area contributed by atoms with Crippen molar-refractivity contribution in [2.75, 3.05) is 25.7 Å². The van der Waals surface area contributed by atoms with E-state index in [0.29, 0.717) is 64.1 Å². The lowest BCUT2D eigenvalue weighted by atomic mass is 9.73. The van der Waals surface area contributed by atoms with Gasteiger partial charge in [-0.2, -0.15) is 36.9 Å². The normalized spacial score (nSPS) is 15.4. The van der Waals surface area contributed by atoms with Crippen molar-refractivity contribution in [2.24, 2.45) is 0 Å². The average Bonchev–Trinajstić information content (AvgIpc) is 4.04. The topological polar surface area (TPSA) is 234 Å².